The number of aliphatic hydroxyl groups is 9. The number of fused-ring (bicyclic) bond motifs is 4. The molecule has 6 heterocycles. The number of esters is 2. The van der Waals surface area contributed by atoms with Crippen molar-refractivity contribution < 1.29 is 151 Å². The van der Waals surface area contributed by atoms with Gasteiger partial charge in [-0.3, -0.25) is 52.7 Å². The molecular weight excluding hydrogens is 1630 g/mol. The zero-order valence-corrected chi connectivity index (χ0v) is 72.2. The summed E-state index contributed by atoms with van der Waals surface area (Å²) < 4.78 is 60.2. The molecule has 41 nitrogen and oxygen atoms in total. The SMILES string of the molecule is CC(=O)N[C@H]1[C@H](OCCCCC(=O)NCCCNC(=O)CCC(CCC(=O)NCCCNC(=O)CCCCO[C@@H]2O[C@H](CO)[C@H](O)[C@H](O)[C@H]2NC(C)=O)(CCC(=O)NCCCNC(=O)CCCCO[C@@H]2O[C@H](CO)[C@H](O)[C@H](O)[C@H]2NC(C)=O)NC(=O)CCC(=O)O[C@@H]2[C@@]3(C(C)C)C[C@H]3[C@@H]3O[C@@]34[C@@]3(C)CCC5=C(COC5=O)C3CO[C@]24C)O[C@H](CO)[C@H](O)[C@@H]1O. The second kappa shape index (κ2) is 46.1. The van der Waals surface area contributed by atoms with E-state index in [2.05, 4.69) is 73.9 Å². The van der Waals surface area contributed by atoms with Crippen LogP contribution in [-0.4, -0.2) is 330 Å². The fourth-order valence-corrected chi connectivity index (χ4v) is 19.1. The van der Waals surface area contributed by atoms with Crippen LogP contribution in [0.4, 0.5) is 0 Å². The van der Waals surface area contributed by atoms with Gasteiger partial charge in [0.15, 0.2) is 18.9 Å². The van der Waals surface area contributed by atoms with E-state index in [-0.39, 0.29) is 178 Å². The molecule has 0 aromatic rings. The van der Waals surface area contributed by atoms with E-state index in [1.807, 2.05) is 6.92 Å². The lowest BCUT2D eigenvalue weighted by Gasteiger charge is -2.61. The van der Waals surface area contributed by atoms with Crippen LogP contribution in [0.3, 0.4) is 0 Å². The summed E-state index contributed by atoms with van der Waals surface area (Å²) in [7, 11) is 0. The van der Waals surface area contributed by atoms with Gasteiger partial charge in [-0.25, -0.2) is 4.79 Å². The molecule has 702 valence electrons. The molecule has 10 amide bonds. The quantitative estimate of drug-likeness (QED) is 0.0157. The van der Waals surface area contributed by atoms with Crippen molar-refractivity contribution in [1.82, 2.24) is 53.2 Å². The monoisotopic (exact) mass is 1770 g/mol. The average Bonchev–Trinajstić information content (AvgIpc) is 1.44. The molecule has 6 aliphatic heterocycles. The fraction of sp³-hybridized carbons (Fsp3) is 0.831. The molecule has 3 aliphatic carbocycles. The van der Waals surface area contributed by atoms with Gasteiger partial charge < -0.3 is 146 Å². The molecule has 23 atom stereocenters. The maximum absolute atomic E-state index is 14.8. The minimum Gasteiger partial charge on any atom is -0.459 e. The summed E-state index contributed by atoms with van der Waals surface area (Å²) in [6.07, 6.45) is -13.9. The van der Waals surface area contributed by atoms with Gasteiger partial charge in [0, 0.05) is 153 Å². The number of epoxide rings is 1. The number of nitrogens with one attached hydrogen (secondary N) is 10. The Labute approximate surface area is 721 Å². The van der Waals surface area contributed by atoms with E-state index in [0.717, 1.165) is 5.57 Å². The predicted octanol–water partition coefficient (Wildman–Crippen LogP) is -3.99. The minimum absolute atomic E-state index is 0.0170. The van der Waals surface area contributed by atoms with Gasteiger partial charge in [0.1, 0.15) is 97.0 Å². The van der Waals surface area contributed by atoms with Crippen LogP contribution in [0.5, 0.6) is 0 Å². The van der Waals surface area contributed by atoms with Crippen molar-refractivity contribution in [3.63, 3.8) is 0 Å². The molecule has 5 saturated heterocycles. The van der Waals surface area contributed by atoms with E-state index in [0.29, 0.717) is 82.6 Å². The minimum atomic E-state index is -1.49. The molecule has 2 saturated carbocycles. The standard InChI is InChI=1S/C83H134N10O31/c1-45(2)82-39-51(82)73-83(124-73)79(6)26-22-49-50(43-118-74(49)114)52(79)44-119-80(83,7)78(82)123-63(107)21-20-62(106)93-81(27-23-59(103)87-33-14-30-84-56(100)17-8-11-36-115-75-64(90-46(3)97)70(111)67(108)53(40-94)120-75,28-24-60(104)88-34-15-31-85-57(101)18-9-12-37-116-76-65(91-47(4)98)71(112)68(109)54(41-95)121-76)29-25-61(105)89-35-16-32-86-58(102)19-10-13-38-117-77-66(92-48(5)99)72(113)69(110)55(42-96)122-77/h45,51-55,64-73,75-78,94-96,108-113H,8-44H2,1-7H3,(H,84,100)(H,85,101)(H,86,102)(H,87,103)(H,88,104)(H,89,105)(H,90,97)(H,91,98)(H,92,99)(H,93,106)/t51-,52?,53+,54+,55+,64+,65+,66+,67-,68-,69-,70+,71+,72+,73-,75+,76+,77+,78-,79-,80+,82+,83+/m0/s1. The van der Waals surface area contributed by atoms with Crippen molar-refractivity contribution >= 4 is 71.0 Å². The van der Waals surface area contributed by atoms with Gasteiger partial charge in [-0.1, -0.05) is 20.8 Å². The second-order valence-corrected chi connectivity index (χ2v) is 35.0. The summed E-state index contributed by atoms with van der Waals surface area (Å²) in [5, 5.41) is 119. The molecule has 1 unspecified atom stereocenters. The lowest BCUT2D eigenvalue weighted by Crippen LogP contribution is -2.73. The molecule has 0 bridgehead atoms. The smallest absolute Gasteiger partial charge is 0.334 e. The predicted molar refractivity (Wildman–Crippen MR) is 431 cm³/mol. The first-order valence-electron chi connectivity index (χ1n) is 43.9. The summed E-state index contributed by atoms with van der Waals surface area (Å²) in [6.45, 7) is 11.4. The number of ether oxygens (including phenoxy) is 10. The van der Waals surface area contributed by atoms with E-state index in [1.165, 1.54) is 20.8 Å². The molecule has 9 aliphatic rings. The fourth-order valence-electron chi connectivity index (χ4n) is 19.1. The Morgan fingerprint density at radius 2 is 0.871 bits per heavy atom. The Morgan fingerprint density at radius 1 is 0.492 bits per heavy atom. The van der Waals surface area contributed by atoms with Crippen molar-refractivity contribution in [2.24, 2.45) is 28.6 Å². The number of aliphatic hydroxyl groups excluding tert-OH is 9. The average molecular weight is 1770 g/mol. The zero-order chi connectivity index (χ0) is 90.4. The lowest BCUT2D eigenvalue weighted by molar-refractivity contribution is -0.270. The van der Waals surface area contributed by atoms with Crippen LogP contribution in [0.1, 0.15) is 196 Å². The summed E-state index contributed by atoms with van der Waals surface area (Å²) in [5.74, 6) is -5.64. The van der Waals surface area contributed by atoms with Crippen molar-refractivity contribution in [2.75, 3.05) is 92.1 Å². The maximum Gasteiger partial charge on any atom is 0.334 e. The van der Waals surface area contributed by atoms with Gasteiger partial charge in [-0.05, 0) is 121 Å². The van der Waals surface area contributed by atoms with Crippen LogP contribution >= 0.6 is 0 Å². The van der Waals surface area contributed by atoms with Crippen molar-refractivity contribution in [1.29, 1.82) is 0 Å². The molecule has 0 aromatic carbocycles. The number of amides is 10. The van der Waals surface area contributed by atoms with Crippen LogP contribution < -0.4 is 53.2 Å². The molecule has 19 N–H and O–H groups in total. The molecule has 9 rings (SSSR count). The highest BCUT2D eigenvalue weighted by Crippen LogP contribution is 2.82. The Kier molecular flexibility index (Phi) is 37.4. The molecule has 124 heavy (non-hydrogen) atoms. The van der Waals surface area contributed by atoms with Gasteiger partial charge in [-0.15, -0.1) is 0 Å². The molecule has 0 aromatic heterocycles. The molecular formula is C83H134N10O31. The molecule has 0 radical (unpaired) electrons. The van der Waals surface area contributed by atoms with Gasteiger partial charge in [0.25, 0.3) is 0 Å². The largest absolute Gasteiger partial charge is 0.459 e. The summed E-state index contributed by atoms with van der Waals surface area (Å²) >= 11 is 0. The summed E-state index contributed by atoms with van der Waals surface area (Å²) in [5.41, 5.74) is -2.91. The first-order valence-corrected chi connectivity index (χ1v) is 43.9. The maximum atomic E-state index is 14.8. The number of cyclic esters (lactones) is 1. The number of carbonyl (C=O) groups is 12. The van der Waals surface area contributed by atoms with Gasteiger partial charge >= 0.3 is 11.9 Å². The van der Waals surface area contributed by atoms with Crippen molar-refractivity contribution in [3.8, 4) is 0 Å². The topological polar surface area (TPSA) is 603 Å². The van der Waals surface area contributed by atoms with Crippen LogP contribution in [0.2, 0.25) is 0 Å². The first kappa shape index (κ1) is 100. The zero-order valence-electron chi connectivity index (χ0n) is 72.2. The third kappa shape index (κ3) is 25.0. The summed E-state index contributed by atoms with van der Waals surface area (Å²) in [4.78, 5) is 159. The van der Waals surface area contributed by atoms with Crippen LogP contribution in [0.25, 0.3) is 0 Å². The van der Waals surface area contributed by atoms with Crippen molar-refractivity contribution in [2.45, 2.75) is 317 Å². The van der Waals surface area contributed by atoms with Crippen LogP contribution in [0.15, 0.2) is 11.1 Å². The van der Waals surface area contributed by atoms with E-state index in [9.17, 15) is 103 Å². The Bertz CT molecular complexity index is 3460. The van der Waals surface area contributed by atoms with Gasteiger partial charge in [0.2, 0.25) is 59.1 Å². The number of hydrogen-bond donors (Lipinski definition) is 19. The lowest BCUT2D eigenvalue weighted by atomic mass is 9.49. The Hall–Kier alpha value is -7.30. The van der Waals surface area contributed by atoms with Crippen molar-refractivity contribution in [3.05, 3.63) is 11.1 Å². The number of carbonyl (C=O) groups excluding carboxylic acids is 12. The molecule has 1 spiro atoms. The van der Waals surface area contributed by atoms with E-state index in [1.54, 1.807) is 0 Å². The third-order valence-corrected chi connectivity index (χ3v) is 26.1. The summed E-state index contributed by atoms with van der Waals surface area (Å²) in [6, 6.07) is -3.39. The van der Waals surface area contributed by atoms with E-state index >= 15 is 0 Å². The Morgan fingerprint density at radius 3 is 1.23 bits per heavy atom. The third-order valence-electron chi connectivity index (χ3n) is 26.1. The highest BCUT2D eigenvalue weighted by Gasteiger charge is 2.93. The molecule has 41 heteroatoms. The van der Waals surface area contributed by atoms with Crippen LogP contribution in [-0.2, 0) is 105 Å². The number of rotatable bonds is 51. The van der Waals surface area contributed by atoms with Gasteiger partial charge in [-0.2, -0.15) is 0 Å². The first-order chi connectivity index (χ1) is 59.0. The van der Waals surface area contributed by atoms with Crippen LogP contribution in [0, 0.1) is 28.6 Å². The molecule has 7 fully saturated rings. The van der Waals surface area contributed by atoms with Gasteiger partial charge in [0.05, 0.1) is 39.0 Å². The highest BCUT2D eigenvalue weighted by molar-refractivity contribution is 5.92. The number of hydrogen-bond acceptors (Lipinski definition) is 31. The van der Waals surface area contributed by atoms with E-state index < -0.39 is 206 Å². The second-order valence-electron chi connectivity index (χ2n) is 35.0. The normalized spacial score (nSPS) is 32.6. The Balaban J connectivity index is 0.814. The van der Waals surface area contributed by atoms with E-state index in [4.69, 9.17) is 47.4 Å². The highest BCUT2D eigenvalue weighted by atomic mass is 16.7. The number of unbranched alkanes of at least 4 members (excludes halogenated alkanes) is 3.